The van der Waals surface area contributed by atoms with Crippen molar-refractivity contribution in [3.63, 3.8) is 0 Å². The number of benzene rings is 1. The Bertz CT molecular complexity index is 504. The van der Waals surface area contributed by atoms with Crippen LogP contribution in [0, 0.1) is 5.82 Å². The van der Waals surface area contributed by atoms with Gasteiger partial charge in [-0.25, -0.2) is 4.39 Å². The number of carbonyl (C=O) groups excluding carboxylic acids is 1. The standard InChI is InChI=1S/C18H23FO2/c1-3-4-5-9-15(10-6-7-13-18(20)21-2)16-11-8-12-17(19)14-16/h6-8,10-12,14H,3-5,9,13H2,1-2H3/b7-6+,15-10+. The number of carbonyl (C=O) groups is 1. The van der Waals surface area contributed by atoms with Gasteiger partial charge in [0.15, 0.2) is 0 Å². The lowest BCUT2D eigenvalue weighted by molar-refractivity contribution is -0.139. The van der Waals surface area contributed by atoms with Gasteiger partial charge in [-0.1, -0.05) is 50.1 Å². The SMILES string of the molecule is CCCCC/C(=C\C=C\CC(=O)OC)c1cccc(F)c1. The molecule has 0 amide bonds. The molecule has 0 atom stereocenters. The van der Waals surface area contributed by atoms with E-state index in [9.17, 15) is 9.18 Å². The molecular weight excluding hydrogens is 267 g/mol. The summed E-state index contributed by atoms with van der Waals surface area (Å²) in [7, 11) is 1.37. The Labute approximate surface area is 126 Å². The molecule has 0 bridgehead atoms. The van der Waals surface area contributed by atoms with Crippen LogP contribution in [-0.4, -0.2) is 13.1 Å². The van der Waals surface area contributed by atoms with E-state index >= 15 is 0 Å². The van der Waals surface area contributed by atoms with Crippen molar-refractivity contribution in [3.05, 3.63) is 53.9 Å². The summed E-state index contributed by atoms with van der Waals surface area (Å²) in [5.41, 5.74) is 1.98. The van der Waals surface area contributed by atoms with Crippen molar-refractivity contribution in [2.24, 2.45) is 0 Å². The van der Waals surface area contributed by atoms with Gasteiger partial charge in [-0.3, -0.25) is 4.79 Å². The monoisotopic (exact) mass is 290 g/mol. The maximum absolute atomic E-state index is 13.3. The Morgan fingerprint density at radius 3 is 2.81 bits per heavy atom. The summed E-state index contributed by atoms with van der Waals surface area (Å²) in [4.78, 5) is 11.0. The quantitative estimate of drug-likeness (QED) is 0.386. The highest BCUT2D eigenvalue weighted by atomic mass is 19.1. The maximum Gasteiger partial charge on any atom is 0.309 e. The molecule has 21 heavy (non-hydrogen) atoms. The molecule has 0 saturated carbocycles. The number of esters is 1. The molecular formula is C18H23FO2. The van der Waals surface area contributed by atoms with E-state index in [0.717, 1.165) is 36.8 Å². The summed E-state index contributed by atoms with van der Waals surface area (Å²) in [5.74, 6) is -0.495. The van der Waals surface area contributed by atoms with Gasteiger partial charge in [-0.2, -0.15) is 0 Å². The molecule has 1 aromatic carbocycles. The zero-order valence-corrected chi connectivity index (χ0v) is 12.8. The third-order valence-electron chi connectivity index (χ3n) is 3.19. The molecule has 0 aliphatic rings. The van der Waals surface area contributed by atoms with E-state index in [-0.39, 0.29) is 18.2 Å². The molecule has 0 unspecified atom stereocenters. The van der Waals surface area contributed by atoms with Crippen LogP contribution in [0.5, 0.6) is 0 Å². The number of allylic oxidation sites excluding steroid dienone is 3. The van der Waals surface area contributed by atoms with Gasteiger partial charge in [0.2, 0.25) is 0 Å². The first-order valence-corrected chi connectivity index (χ1v) is 7.35. The zero-order valence-electron chi connectivity index (χ0n) is 12.8. The minimum Gasteiger partial charge on any atom is -0.469 e. The lowest BCUT2D eigenvalue weighted by atomic mass is 9.99. The molecule has 0 aromatic heterocycles. The van der Waals surface area contributed by atoms with Crippen LogP contribution in [0.2, 0.25) is 0 Å². The number of ether oxygens (including phenoxy) is 1. The minimum atomic E-state index is -0.266. The summed E-state index contributed by atoms with van der Waals surface area (Å²) in [6, 6.07) is 6.62. The molecule has 3 heteroatoms. The third-order valence-corrected chi connectivity index (χ3v) is 3.19. The van der Waals surface area contributed by atoms with Crippen LogP contribution in [0.15, 0.2) is 42.5 Å². The summed E-state index contributed by atoms with van der Waals surface area (Å²) in [5, 5.41) is 0. The molecule has 0 heterocycles. The number of hydrogen-bond acceptors (Lipinski definition) is 2. The van der Waals surface area contributed by atoms with Crippen molar-refractivity contribution in [1.29, 1.82) is 0 Å². The highest BCUT2D eigenvalue weighted by Gasteiger charge is 2.02. The summed E-state index contributed by atoms with van der Waals surface area (Å²) in [6.45, 7) is 2.15. The third kappa shape index (κ3) is 6.89. The van der Waals surface area contributed by atoms with Crippen LogP contribution in [0.3, 0.4) is 0 Å². The largest absolute Gasteiger partial charge is 0.469 e. The average Bonchev–Trinajstić information content (AvgIpc) is 2.49. The van der Waals surface area contributed by atoms with Gasteiger partial charge in [0.1, 0.15) is 5.82 Å². The van der Waals surface area contributed by atoms with Crippen molar-refractivity contribution < 1.29 is 13.9 Å². The average molecular weight is 290 g/mol. The Kier molecular flexibility index (Phi) is 8.10. The van der Waals surface area contributed by atoms with Gasteiger partial charge < -0.3 is 4.74 Å². The van der Waals surface area contributed by atoms with Crippen molar-refractivity contribution in [2.75, 3.05) is 7.11 Å². The van der Waals surface area contributed by atoms with E-state index in [1.807, 2.05) is 18.2 Å². The first-order valence-electron chi connectivity index (χ1n) is 7.35. The fraction of sp³-hybridized carbons (Fsp3) is 0.389. The van der Waals surface area contributed by atoms with E-state index in [0.29, 0.717) is 0 Å². The molecule has 0 radical (unpaired) electrons. The summed E-state index contributed by atoms with van der Waals surface area (Å²) in [6.07, 6.45) is 10.1. The van der Waals surface area contributed by atoms with Gasteiger partial charge in [0, 0.05) is 0 Å². The molecule has 0 aliphatic carbocycles. The molecule has 0 saturated heterocycles. The lowest BCUT2D eigenvalue weighted by Gasteiger charge is -2.07. The van der Waals surface area contributed by atoms with E-state index in [2.05, 4.69) is 11.7 Å². The fourth-order valence-electron chi connectivity index (χ4n) is 2.01. The summed E-state index contributed by atoms with van der Waals surface area (Å²) >= 11 is 0. The predicted molar refractivity (Wildman–Crippen MR) is 84.3 cm³/mol. The molecule has 1 rings (SSSR count). The molecule has 0 fully saturated rings. The smallest absolute Gasteiger partial charge is 0.309 e. The number of rotatable bonds is 8. The van der Waals surface area contributed by atoms with E-state index in [1.54, 1.807) is 18.2 Å². The van der Waals surface area contributed by atoms with Crippen LogP contribution in [0.25, 0.3) is 5.57 Å². The summed E-state index contributed by atoms with van der Waals surface area (Å²) < 4.78 is 17.9. The van der Waals surface area contributed by atoms with E-state index < -0.39 is 0 Å². The highest BCUT2D eigenvalue weighted by Crippen LogP contribution is 2.22. The van der Waals surface area contributed by atoms with Crippen molar-refractivity contribution >= 4 is 11.5 Å². The van der Waals surface area contributed by atoms with Gasteiger partial charge in [0.05, 0.1) is 13.5 Å². The van der Waals surface area contributed by atoms with Gasteiger partial charge in [-0.15, -0.1) is 0 Å². The fourth-order valence-corrected chi connectivity index (χ4v) is 2.01. The van der Waals surface area contributed by atoms with Gasteiger partial charge in [0.25, 0.3) is 0 Å². The molecule has 0 N–H and O–H groups in total. The van der Waals surface area contributed by atoms with Crippen LogP contribution < -0.4 is 0 Å². The predicted octanol–water partition coefficient (Wildman–Crippen LogP) is 4.91. The molecule has 1 aromatic rings. The second-order valence-electron chi connectivity index (χ2n) is 4.87. The first-order chi connectivity index (χ1) is 10.2. The number of unbranched alkanes of at least 4 members (excludes halogenated alkanes) is 2. The highest BCUT2D eigenvalue weighted by molar-refractivity contribution is 5.71. The van der Waals surface area contributed by atoms with Crippen LogP contribution in [-0.2, 0) is 9.53 Å². The maximum atomic E-state index is 13.3. The second-order valence-corrected chi connectivity index (χ2v) is 4.87. The van der Waals surface area contributed by atoms with E-state index in [4.69, 9.17) is 0 Å². The topological polar surface area (TPSA) is 26.3 Å². The van der Waals surface area contributed by atoms with Crippen molar-refractivity contribution in [3.8, 4) is 0 Å². The Morgan fingerprint density at radius 2 is 2.14 bits per heavy atom. The van der Waals surface area contributed by atoms with Crippen LogP contribution in [0.1, 0.15) is 44.6 Å². The Hall–Kier alpha value is -1.90. The van der Waals surface area contributed by atoms with Crippen molar-refractivity contribution in [2.45, 2.75) is 39.0 Å². The van der Waals surface area contributed by atoms with E-state index in [1.165, 1.54) is 13.2 Å². The van der Waals surface area contributed by atoms with Crippen LogP contribution >= 0.6 is 0 Å². The van der Waals surface area contributed by atoms with Gasteiger partial charge in [-0.05, 0) is 36.1 Å². The Balaban J connectivity index is 2.78. The second kappa shape index (κ2) is 9.92. The number of methoxy groups -OCH3 is 1. The zero-order chi connectivity index (χ0) is 15.5. The molecule has 0 spiro atoms. The minimum absolute atomic E-state index is 0.229. The lowest BCUT2D eigenvalue weighted by Crippen LogP contribution is -1.96. The first kappa shape index (κ1) is 17.2. The molecule has 114 valence electrons. The van der Waals surface area contributed by atoms with Gasteiger partial charge >= 0.3 is 5.97 Å². The Morgan fingerprint density at radius 1 is 1.33 bits per heavy atom. The molecule has 0 aliphatic heterocycles. The number of hydrogen-bond donors (Lipinski definition) is 0. The van der Waals surface area contributed by atoms with Crippen LogP contribution in [0.4, 0.5) is 4.39 Å². The van der Waals surface area contributed by atoms with Crippen molar-refractivity contribution in [1.82, 2.24) is 0 Å². The molecule has 2 nitrogen and oxygen atoms in total. The number of halogens is 1. The normalized spacial score (nSPS) is 11.9.